The van der Waals surface area contributed by atoms with Crippen molar-refractivity contribution in [3.8, 4) is 0 Å². The number of fused-ring (bicyclic) bond motifs is 1. The van der Waals surface area contributed by atoms with Crippen LogP contribution in [0.15, 0.2) is 66.7 Å². The van der Waals surface area contributed by atoms with Gasteiger partial charge in [-0.1, -0.05) is 56.3 Å². The molecule has 0 bridgehead atoms. The van der Waals surface area contributed by atoms with Crippen LogP contribution in [0.3, 0.4) is 0 Å². The van der Waals surface area contributed by atoms with E-state index < -0.39 is 0 Å². The van der Waals surface area contributed by atoms with E-state index in [-0.39, 0.29) is 23.3 Å². The highest BCUT2D eigenvalue weighted by Crippen LogP contribution is 2.19. The first kappa shape index (κ1) is 24.4. The van der Waals surface area contributed by atoms with Crippen LogP contribution in [0.4, 0.5) is 5.69 Å². The molecule has 33 heavy (non-hydrogen) atoms. The molecule has 3 aromatic carbocycles. The van der Waals surface area contributed by atoms with Gasteiger partial charge in [-0.15, -0.1) is 0 Å². The Bertz CT molecular complexity index is 1110. The maximum absolute atomic E-state index is 12.5. The van der Waals surface area contributed by atoms with Crippen LogP contribution in [-0.2, 0) is 11.2 Å². The van der Waals surface area contributed by atoms with Gasteiger partial charge in [-0.25, -0.2) is 0 Å². The van der Waals surface area contributed by atoms with Gasteiger partial charge in [0.05, 0.1) is 6.42 Å². The third kappa shape index (κ3) is 7.10. The highest BCUT2D eigenvalue weighted by Gasteiger charge is 2.10. The highest BCUT2D eigenvalue weighted by atomic mass is 32.1. The normalized spacial score (nSPS) is 10.8. The molecule has 172 valence electrons. The number of nitrogens with zero attached hydrogens (tertiary/aromatic N) is 1. The maximum Gasteiger partial charge on any atom is 0.251 e. The Morgan fingerprint density at radius 1 is 0.909 bits per heavy atom. The van der Waals surface area contributed by atoms with Crippen LogP contribution in [0.25, 0.3) is 10.8 Å². The van der Waals surface area contributed by atoms with E-state index >= 15 is 0 Å². The Labute approximate surface area is 200 Å². The SMILES string of the molecule is CCN(CC)CCNC(=O)c1ccc(NC(=S)NC(=O)Cc2cccc3ccccc23)cc1. The lowest BCUT2D eigenvalue weighted by Gasteiger charge is -2.18. The summed E-state index contributed by atoms with van der Waals surface area (Å²) in [6.07, 6.45) is 0.232. The molecule has 3 rings (SSSR count). The van der Waals surface area contributed by atoms with Gasteiger partial charge in [0, 0.05) is 24.3 Å². The number of amides is 2. The molecule has 0 atom stereocenters. The zero-order valence-electron chi connectivity index (χ0n) is 19.1. The van der Waals surface area contributed by atoms with E-state index in [4.69, 9.17) is 12.2 Å². The third-order valence-electron chi connectivity index (χ3n) is 5.50. The average Bonchev–Trinajstić information content (AvgIpc) is 2.82. The molecule has 0 radical (unpaired) electrons. The average molecular weight is 463 g/mol. The molecule has 0 saturated carbocycles. The predicted molar refractivity (Wildman–Crippen MR) is 139 cm³/mol. The lowest BCUT2D eigenvalue weighted by Crippen LogP contribution is -2.35. The zero-order chi connectivity index (χ0) is 23.6. The topological polar surface area (TPSA) is 73.5 Å². The van der Waals surface area contributed by atoms with Crippen LogP contribution in [0, 0.1) is 0 Å². The summed E-state index contributed by atoms with van der Waals surface area (Å²) in [6, 6.07) is 20.9. The van der Waals surface area contributed by atoms with E-state index in [1.54, 1.807) is 24.3 Å². The number of hydrogen-bond donors (Lipinski definition) is 3. The summed E-state index contributed by atoms with van der Waals surface area (Å²) in [5.74, 6) is -0.298. The van der Waals surface area contributed by atoms with Crippen LogP contribution in [0.5, 0.6) is 0 Å². The lowest BCUT2D eigenvalue weighted by molar-refractivity contribution is -0.119. The van der Waals surface area contributed by atoms with Crippen molar-refractivity contribution in [3.63, 3.8) is 0 Å². The summed E-state index contributed by atoms with van der Waals surface area (Å²) < 4.78 is 0. The fourth-order valence-corrected chi connectivity index (χ4v) is 3.86. The van der Waals surface area contributed by atoms with Gasteiger partial charge >= 0.3 is 0 Å². The van der Waals surface area contributed by atoms with Gasteiger partial charge in [-0.3, -0.25) is 9.59 Å². The van der Waals surface area contributed by atoms with Crippen molar-refractivity contribution in [2.45, 2.75) is 20.3 Å². The minimum absolute atomic E-state index is 0.111. The number of nitrogens with one attached hydrogen (secondary N) is 3. The first-order chi connectivity index (χ1) is 16.0. The van der Waals surface area contributed by atoms with Gasteiger partial charge in [0.25, 0.3) is 5.91 Å². The summed E-state index contributed by atoms with van der Waals surface area (Å²) in [5, 5.41) is 11.0. The molecule has 6 nitrogen and oxygen atoms in total. The van der Waals surface area contributed by atoms with Crippen molar-refractivity contribution in [1.29, 1.82) is 0 Å². The Hall–Kier alpha value is -3.29. The molecule has 0 aromatic heterocycles. The molecule has 3 N–H and O–H groups in total. The Balaban J connectivity index is 1.49. The fourth-order valence-electron chi connectivity index (χ4n) is 3.63. The van der Waals surface area contributed by atoms with Crippen molar-refractivity contribution >= 4 is 45.6 Å². The first-order valence-corrected chi connectivity index (χ1v) is 11.6. The molecule has 0 unspecified atom stereocenters. The summed E-state index contributed by atoms with van der Waals surface area (Å²) in [5.41, 5.74) is 2.22. The molecule has 0 spiro atoms. The summed E-state index contributed by atoms with van der Waals surface area (Å²) >= 11 is 5.29. The smallest absolute Gasteiger partial charge is 0.251 e. The molecular weight excluding hydrogens is 432 g/mol. The van der Waals surface area contributed by atoms with Gasteiger partial charge < -0.3 is 20.9 Å². The van der Waals surface area contributed by atoms with Crippen LogP contribution < -0.4 is 16.0 Å². The Morgan fingerprint density at radius 2 is 1.61 bits per heavy atom. The quantitative estimate of drug-likeness (QED) is 0.420. The maximum atomic E-state index is 12.5. The van der Waals surface area contributed by atoms with E-state index in [0.717, 1.165) is 36.0 Å². The molecule has 0 saturated heterocycles. The Kier molecular flexibility index (Phi) is 8.92. The second kappa shape index (κ2) is 12.1. The van der Waals surface area contributed by atoms with Crippen molar-refractivity contribution in [2.75, 3.05) is 31.5 Å². The summed E-state index contributed by atoms with van der Waals surface area (Å²) in [7, 11) is 0. The molecule has 0 heterocycles. The van der Waals surface area contributed by atoms with Crippen molar-refractivity contribution in [2.24, 2.45) is 0 Å². The summed E-state index contributed by atoms with van der Waals surface area (Å²) in [6.45, 7) is 7.57. The van der Waals surface area contributed by atoms with E-state index in [1.807, 2.05) is 42.5 Å². The van der Waals surface area contributed by atoms with Crippen molar-refractivity contribution in [3.05, 3.63) is 77.9 Å². The van der Waals surface area contributed by atoms with Gasteiger partial charge in [-0.2, -0.15) is 0 Å². The number of benzene rings is 3. The monoisotopic (exact) mass is 462 g/mol. The number of carbonyl (C=O) groups excluding carboxylic acids is 2. The van der Waals surface area contributed by atoms with Gasteiger partial charge in [0.1, 0.15) is 0 Å². The van der Waals surface area contributed by atoms with Gasteiger partial charge in [0.15, 0.2) is 5.11 Å². The van der Waals surface area contributed by atoms with Gasteiger partial charge in [-0.05, 0) is 65.9 Å². The van der Waals surface area contributed by atoms with E-state index in [1.165, 1.54) is 0 Å². The number of anilines is 1. The Morgan fingerprint density at radius 3 is 2.33 bits per heavy atom. The first-order valence-electron chi connectivity index (χ1n) is 11.2. The number of likely N-dealkylation sites (N-methyl/N-ethyl adjacent to an activating group) is 1. The molecule has 2 amide bonds. The molecule has 7 heteroatoms. The molecule has 0 aliphatic carbocycles. The molecule has 0 aliphatic rings. The van der Waals surface area contributed by atoms with E-state index in [9.17, 15) is 9.59 Å². The van der Waals surface area contributed by atoms with E-state index in [0.29, 0.717) is 17.8 Å². The second-order valence-electron chi connectivity index (χ2n) is 7.68. The highest BCUT2D eigenvalue weighted by molar-refractivity contribution is 7.80. The molecule has 0 aliphatic heterocycles. The second-order valence-corrected chi connectivity index (χ2v) is 8.09. The van der Waals surface area contributed by atoms with Crippen LogP contribution >= 0.6 is 12.2 Å². The van der Waals surface area contributed by atoms with Crippen LogP contribution in [-0.4, -0.2) is 48.0 Å². The number of rotatable bonds is 9. The minimum atomic E-state index is -0.187. The number of carbonyl (C=O) groups is 2. The van der Waals surface area contributed by atoms with Crippen molar-refractivity contribution < 1.29 is 9.59 Å². The van der Waals surface area contributed by atoms with Gasteiger partial charge in [0.2, 0.25) is 5.91 Å². The zero-order valence-corrected chi connectivity index (χ0v) is 19.9. The minimum Gasteiger partial charge on any atom is -0.351 e. The molecule has 0 fully saturated rings. The van der Waals surface area contributed by atoms with Crippen LogP contribution in [0.1, 0.15) is 29.8 Å². The predicted octanol–water partition coefficient (Wildman–Crippen LogP) is 3.97. The molecule has 3 aromatic rings. The standard InChI is InChI=1S/C26H30N4O2S/c1-3-30(4-2)17-16-27-25(32)20-12-14-22(15-13-20)28-26(33)29-24(31)18-21-10-7-9-19-8-5-6-11-23(19)21/h5-15H,3-4,16-18H2,1-2H3,(H,27,32)(H2,28,29,31,33). The number of hydrogen-bond acceptors (Lipinski definition) is 4. The summed E-state index contributed by atoms with van der Waals surface area (Å²) in [4.78, 5) is 27.1. The number of thiocarbonyl (C=S) groups is 1. The lowest BCUT2D eigenvalue weighted by atomic mass is 10.0. The molecular formula is C26H30N4O2S. The third-order valence-corrected chi connectivity index (χ3v) is 5.70. The fraction of sp³-hybridized carbons (Fsp3) is 0.269. The van der Waals surface area contributed by atoms with E-state index in [2.05, 4.69) is 34.7 Å². The van der Waals surface area contributed by atoms with Crippen molar-refractivity contribution in [1.82, 2.24) is 15.5 Å². The largest absolute Gasteiger partial charge is 0.351 e. The van der Waals surface area contributed by atoms with Crippen LogP contribution in [0.2, 0.25) is 0 Å².